The van der Waals surface area contributed by atoms with Crippen molar-refractivity contribution >= 4 is 5.69 Å². The predicted octanol–water partition coefficient (Wildman–Crippen LogP) is 3.91. The van der Waals surface area contributed by atoms with Gasteiger partial charge in [0.2, 0.25) is 0 Å². The van der Waals surface area contributed by atoms with E-state index in [4.69, 9.17) is 0 Å². The maximum atomic E-state index is 3.71. The van der Waals surface area contributed by atoms with Gasteiger partial charge in [0.25, 0.3) is 0 Å². The number of hydrogen-bond acceptors (Lipinski definition) is 2. The van der Waals surface area contributed by atoms with Crippen LogP contribution in [-0.2, 0) is 0 Å². The molecule has 1 aliphatic carbocycles. The molecule has 0 spiro atoms. The summed E-state index contributed by atoms with van der Waals surface area (Å²) in [6.45, 7) is 8.77. The number of hydrogen-bond donors (Lipinski definition) is 1. The first-order valence-corrected chi connectivity index (χ1v) is 8.13. The SMILES string of the molecule is CCNC(CN(C)c1cc(C)cc(C)c1)C1CCCC1. The summed E-state index contributed by atoms with van der Waals surface area (Å²) in [7, 11) is 2.23. The molecule has 1 aliphatic rings. The maximum absolute atomic E-state index is 3.71. The summed E-state index contributed by atoms with van der Waals surface area (Å²) in [5, 5.41) is 3.71. The molecule has 2 rings (SSSR count). The average molecular weight is 274 g/mol. The fourth-order valence-corrected chi connectivity index (χ4v) is 3.57. The monoisotopic (exact) mass is 274 g/mol. The molecule has 1 aromatic carbocycles. The van der Waals surface area contributed by atoms with Gasteiger partial charge in [-0.15, -0.1) is 0 Å². The van der Waals surface area contributed by atoms with Crippen molar-refractivity contribution < 1.29 is 0 Å². The molecule has 1 unspecified atom stereocenters. The topological polar surface area (TPSA) is 15.3 Å². The summed E-state index contributed by atoms with van der Waals surface area (Å²) in [5.41, 5.74) is 4.06. The van der Waals surface area contributed by atoms with Crippen LogP contribution < -0.4 is 10.2 Å². The van der Waals surface area contributed by atoms with E-state index in [-0.39, 0.29) is 0 Å². The Bertz CT molecular complexity index is 401. The van der Waals surface area contributed by atoms with E-state index in [0.29, 0.717) is 6.04 Å². The lowest BCUT2D eigenvalue weighted by atomic mass is 9.97. The zero-order chi connectivity index (χ0) is 14.5. The molecule has 2 heteroatoms. The van der Waals surface area contributed by atoms with Gasteiger partial charge >= 0.3 is 0 Å². The molecule has 112 valence electrons. The van der Waals surface area contributed by atoms with Gasteiger partial charge in [-0.2, -0.15) is 0 Å². The van der Waals surface area contributed by atoms with Crippen molar-refractivity contribution in [1.29, 1.82) is 0 Å². The van der Waals surface area contributed by atoms with E-state index in [1.165, 1.54) is 42.5 Å². The highest BCUT2D eigenvalue weighted by molar-refractivity contribution is 5.50. The molecule has 2 nitrogen and oxygen atoms in total. The van der Waals surface area contributed by atoms with Crippen molar-refractivity contribution in [2.24, 2.45) is 5.92 Å². The Balaban J connectivity index is 2.04. The maximum Gasteiger partial charge on any atom is 0.0369 e. The fraction of sp³-hybridized carbons (Fsp3) is 0.667. The van der Waals surface area contributed by atoms with Crippen molar-refractivity contribution in [3.63, 3.8) is 0 Å². The molecule has 20 heavy (non-hydrogen) atoms. The van der Waals surface area contributed by atoms with E-state index in [2.05, 4.69) is 56.2 Å². The molecule has 1 atom stereocenters. The lowest BCUT2D eigenvalue weighted by Gasteiger charge is -2.30. The van der Waals surface area contributed by atoms with E-state index >= 15 is 0 Å². The van der Waals surface area contributed by atoms with E-state index < -0.39 is 0 Å². The number of nitrogens with zero attached hydrogens (tertiary/aromatic N) is 1. The molecule has 0 amide bonds. The van der Waals surface area contributed by atoms with Gasteiger partial charge in [0.1, 0.15) is 0 Å². The third kappa shape index (κ3) is 3.99. The Morgan fingerprint density at radius 3 is 2.30 bits per heavy atom. The quantitative estimate of drug-likeness (QED) is 0.846. The molecule has 0 saturated heterocycles. The van der Waals surface area contributed by atoms with Gasteiger partial charge in [-0.25, -0.2) is 0 Å². The Morgan fingerprint density at radius 2 is 1.75 bits per heavy atom. The summed E-state index contributed by atoms with van der Waals surface area (Å²) in [6, 6.07) is 7.47. The molecule has 1 aromatic rings. The van der Waals surface area contributed by atoms with E-state index in [1.807, 2.05) is 0 Å². The summed E-state index contributed by atoms with van der Waals surface area (Å²) >= 11 is 0. The second kappa shape index (κ2) is 7.12. The van der Waals surface area contributed by atoms with E-state index in [0.717, 1.165) is 19.0 Å². The zero-order valence-corrected chi connectivity index (χ0v) is 13.6. The third-order valence-electron chi connectivity index (χ3n) is 4.55. The van der Waals surface area contributed by atoms with E-state index in [1.54, 1.807) is 0 Å². The molecule has 0 radical (unpaired) electrons. The van der Waals surface area contributed by atoms with Crippen molar-refractivity contribution in [1.82, 2.24) is 5.32 Å². The van der Waals surface area contributed by atoms with Crippen molar-refractivity contribution in [3.05, 3.63) is 29.3 Å². The minimum Gasteiger partial charge on any atom is -0.373 e. The average Bonchev–Trinajstić information content (AvgIpc) is 2.90. The lowest BCUT2D eigenvalue weighted by Crippen LogP contribution is -2.44. The predicted molar refractivity (Wildman–Crippen MR) is 88.6 cm³/mol. The number of aryl methyl sites for hydroxylation is 2. The molecule has 1 N–H and O–H groups in total. The minimum atomic E-state index is 0.633. The van der Waals surface area contributed by atoms with Crippen LogP contribution in [-0.4, -0.2) is 26.2 Å². The van der Waals surface area contributed by atoms with Gasteiger partial charge in [-0.1, -0.05) is 25.8 Å². The standard InChI is InChI=1S/C18H30N2/c1-5-19-18(16-8-6-7-9-16)13-20(4)17-11-14(2)10-15(3)12-17/h10-12,16,18-19H,5-9,13H2,1-4H3. The molecule has 1 fully saturated rings. The summed E-state index contributed by atoms with van der Waals surface area (Å²) < 4.78 is 0. The highest BCUT2D eigenvalue weighted by Gasteiger charge is 2.25. The summed E-state index contributed by atoms with van der Waals surface area (Å²) in [4.78, 5) is 2.42. The van der Waals surface area contributed by atoms with Crippen LogP contribution in [0.3, 0.4) is 0 Å². The molecular formula is C18H30N2. The van der Waals surface area contributed by atoms with Crippen LogP contribution in [0.1, 0.15) is 43.7 Å². The first-order chi connectivity index (χ1) is 9.60. The van der Waals surface area contributed by atoms with Crippen molar-refractivity contribution in [2.45, 2.75) is 52.5 Å². The van der Waals surface area contributed by atoms with Crippen LogP contribution in [0, 0.1) is 19.8 Å². The Labute approximate surface area is 124 Å². The van der Waals surface area contributed by atoms with Gasteiger partial charge in [-0.05, 0) is 62.4 Å². The molecule has 0 bridgehead atoms. The van der Waals surface area contributed by atoms with Crippen molar-refractivity contribution in [3.8, 4) is 0 Å². The summed E-state index contributed by atoms with van der Waals surface area (Å²) in [6.07, 6.45) is 5.64. The third-order valence-corrected chi connectivity index (χ3v) is 4.55. The smallest absolute Gasteiger partial charge is 0.0369 e. The zero-order valence-electron chi connectivity index (χ0n) is 13.6. The second-order valence-corrected chi connectivity index (χ2v) is 6.44. The van der Waals surface area contributed by atoms with E-state index in [9.17, 15) is 0 Å². The summed E-state index contributed by atoms with van der Waals surface area (Å²) in [5.74, 6) is 0.864. The van der Waals surface area contributed by atoms with Crippen LogP contribution in [0.25, 0.3) is 0 Å². The number of nitrogens with one attached hydrogen (secondary N) is 1. The fourth-order valence-electron chi connectivity index (χ4n) is 3.57. The lowest BCUT2D eigenvalue weighted by molar-refractivity contribution is 0.367. The van der Waals surface area contributed by atoms with Gasteiger partial charge in [0, 0.05) is 25.3 Å². The molecule has 0 heterocycles. The van der Waals surface area contributed by atoms with Gasteiger partial charge in [-0.3, -0.25) is 0 Å². The van der Waals surface area contributed by atoms with Gasteiger partial charge < -0.3 is 10.2 Å². The van der Waals surface area contributed by atoms with Gasteiger partial charge in [0.15, 0.2) is 0 Å². The number of anilines is 1. The molecule has 0 aromatic heterocycles. The Hall–Kier alpha value is -1.02. The van der Waals surface area contributed by atoms with Gasteiger partial charge in [0.05, 0.1) is 0 Å². The molecule has 1 saturated carbocycles. The molecular weight excluding hydrogens is 244 g/mol. The van der Waals surface area contributed by atoms with Crippen molar-refractivity contribution in [2.75, 3.05) is 25.0 Å². The first-order valence-electron chi connectivity index (χ1n) is 8.13. The normalized spacial score (nSPS) is 17.4. The highest BCUT2D eigenvalue weighted by Crippen LogP contribution is 2.29. The van der Waals surface area contributed by atoms with Crippen LogP contribution in [0.5, 0.6) is 0 Å². The minimum absolute atomic E-state index is 0.633. The number of rotatable bonds is 6. The Kier molecular flexibility index (Phi) is 5.47. The largest absolute Gasteiger partial charge is 0.373 e. The first kappa shape index (κ1) is 15.4. The van der Waals surface area contributed by atoms with Crippen LogP contribution in [0.2, 0.25) is 0 Å². The number of benzene rings is 1. The molecule has 0 aliphatic heterocycles. The second-order valence-electron chi connectivity index (χ2n) is 6.44. The van der Waals surface area contributed by atoms with Crippen LogP contribution in [0.15, 0.2) is 18.2 Å². The van der Waals surface area contributed by atoms with Crippen LogP contribution >= 0.6 is 0 Å². The number of likely N-dealkylation sites (N-methyl/N-ethyl adjacent to an activating group) is 2. The van der Waals surface area contributed by atoms with Crippen LogP contribution in [0.4, 0.5) is 5.69 Å². The Morgan fingerprint density at radius 1 is 1.15 bits per heavy atom. The highest BCUT2D eigenvalue weighted by atomic mass is 15.1.